The van der Waals surface area contributed by atoms with Gasteiger partial charge in [-0.1, -0.05) is 77.7 Å². The van der Waals surface area contributed by atoms with Crippen LogP contribution in [0.2, 0.25) is 0 Å². The molecule has 1 aliphatic carbocycles. The number of hydrogen-bond acceptors (Lipinski definition) is 4. The van der Waals surface area contributed by atoms with E-state index in [1.54, 1.807) is 0 Å². The van der Waals surface area contributed by atoms with Gasteiger partial charge in [0.05, 0.1) is 6.54 Å². The number of amides is 1. The van der Waals surface area contributed by atoms with Crippen molar-refractivity contribution in [1.29, 1.82) is 0 Å². The highest BCUT2D eigenvalue weighted by molar-refractivity contribution is 6.43. The number of allylic oxidation sites excluding steroid dienone is 2. The third kappa shape index (κ3) is 5.50. The second-order valence-electron chi connectivity index (χ2n) is 9.77. The van der Waals surface area contributed by atoms with Gasteiger partial charge in [-0.15, -0.1) is 0 Å². The molecule has 0 saturated carbocycles. The van der Waals surface area contributed by atoms with Gasteiger partial charge in [0.2, 0.25) is 0 Å². The Morgan fingerprint density at radius 3 is 2.73 bits per heavy atom. The molecule has 0 radical (unpaired) electrons. The van der Waals surface area contributed by atoms with Crippen LogP contribution in [-0.2, 0) is 11.2 Å². The molecular weight excluding hydrogens is 456 g/mol. The van der Waals surface area contributed by atoms with Crippen molar-refractivity contribution in [2.24, 2.45) is 4.99 Å². The van der Waals surface area contributed by atoms with Gasteiger partial charge in [0, 0.05) is 37.0 Å². The average Bonchev–Trinajstić information content (AvgIpc) is 3.27. The van der Waals surface area contributed by atoms with E-state index in [0.29, 0.717) is 12.3 Å². The Labute approximate surface area is 219 Å². The van der Waals surface area contributed by atoms with Crippen LogP contribution in [-0.4, -0.2) is 52.7 Å². The minimum atomic E-state index is -0.0700. The first-order chi connectivity index (χ1) is 18.0. The fourth-order valence-electron chi connectivity index (χ4n) is 4.86. The van der Waals surface area contributed by atoms with Crippen LogP contribution in [0.4, 0.5) is 0 Å². The fourth-order valence-corrected chi connectivity index (χ4v) is 4.86. The first kappa shape index (κ1) is 24.5. The lowest BCUT2D eigenvalue weighted by molar-refractivity contribution is -0.125. The maximum absolute atomic E-state index is 14.0. The largest absolute Gasteiger partial charge is 0.330 e. The molecule has 2 aromatic carbocycles. The molecule has 1 amide bonds. The number of rotatable bonds is 8. The summed E-state index contributed by atoms with van der Waals surface area (Å²) in [5.74, 6) is 0.745. The summed E-state index contributed by atoms with van der Waals surface area (Å²) in [5, 5.41) is 4.14. The van der Waals surface area contributed by atoms with E-state index in [-0.39, 0.29) is 11.9 Å². The van der Waals surface area contributed by atoms with Crippen molar-refractivity contribution in [1.82, 2.24) is 14.9 Å². The smallest absolute Gasteiger partial charge is 0.273 e. The standard InChI is InChI=1S/C32H32N4O/c1-24-11-10-16-28(21-24)29-23-34(3)36-20-19-30(33-31(29)36)32(37)35(22-27-14-8-5-9-15-27)25(2)17-18-26-12-6-4-7-13-26/h4-8,10-14,16,19-21,25H,17-18,22-23H2,1-3H3/t25-/m1/s1. The van der Waals surface area contributed by atoms with Gasteiger partial charge in [0.25, 0.3) is 5.91 Å². The molecule has 0 N–H and O–H groups in total. The number of aliphatic imine (C=N–C) groups is 1. The van der Waals surface area contributed by atoms with E-state index >= 15 is 0 Å². The fraction of sp³-hybridized carbons (Fsp3) is 0.250. The monoisotopic (exact) mass is 488 g/mol. The Balaban J connectivity index is 1.45. The van der Waals surface area contributed by atoms with E-state index in [9.17, 15) is 4.79 Å². The van der Waals surface area contributed by atoms with Crippen molar-refractivity contribution in [2.45, 2.75) is 32.7 Å². The van der Waals surface area contributed by atoms with Gasteiger partial charge in [-0.3, -0.25) is 9.80 Å². The van der Waals surface area contributed by atoms with Crippen LogP contribution in [0.25, 0.3) is 5.57 Å². The number of likely N-dealkylation sites (N-methyl/N-ethyl adjacent to an activating group) is 1. The molecule has 0 fully saturated rings. The lowest BCUT2D eigenvalue weighted by Gasteiger charge is -2.31. The first-order valence-corrected chi connectivity index (χ1v) is 12.8. The minimum absolute atomic E-state index is 0.0203. The topological polar surface area (TPSA) is 39.2 Å². The van der Waals surface area contributed by atoms with E-state index in [1.807, 2.05) is 53.5 Å². The Morgan fingerprint density at radius 1 is 1.14 bits per heavy atom. The molecule has 5 heteroatoms. The van der Waals surface area contributed by atoms with Gasteiger partial charge < -0.3 is 4.90 Å². The molecule has 37 heavy (non-hydrogen) atoms. The van der Waals surface area contributed by atoms with Crippen LogP contribution >= 0.6 is 0 Å². The summed E-state index contributed by atoms with van der Waals surface area (Å²) in [6, 6.07) is 18.9. The van der Waals surface area contributed by atoms with Crippen LogP contribution in [0.5, 0.6) is 0 Å². The van der Waals surface area contributed by atoms with Gasteiger partial charge in [-0.05, 0) is 56.0 Å². The lowest BCUT2D eigenvalue weighted by atomic mass is 10.0. The maximum Gasteiger partial charge on any atom is 0.273 e. The molecule has 0 aromatic heterocycles. The van der Waals surface area contributed by atoms with E-state index in [0.717, 1.165) is 41.9 Å². The van der Waals surface area contributed by atoms with Crippen molar-refractivity contribution in [3.8, 4) is 0 Å². The van der Waals surface area contributed by atoms with E-state index < -0.39 is 0 Å². The maximum atomic E-state index is 14.0. The van der Waals surface area contributed by atoms with Crippen LogP contribution < -0.4 is 0 Å². The number of carbonyl (C=O) groups is 1. The number of carbonyl (C=O) groups excluding carboxylic acids is 1. The summed E-state index contributed by atoms with van der Waals surface area (Å²) in [4.78, 5) is 20.8. The zero-order valence-corrected chi connectivity index (χ0v) is 21.7. The lowest BCUT2D eigenvalue weighted by Crippen LogP contribution is -2.44. The number of nitrogens with zero attached hydrogens (tertiary/aromatic N) is 4. The summed E-state index contributed by atoms with van der Waals surface area (Å²) in [6.07, 6.45) is 11.3. The summed E-state index contributed by atoms with van der Waals surface area (Å²) in [5.41, 5.74) is 12.3. The van der Waals surface area contributed by atoms with Crippen molar-refractivity contribution >= 4 is 17.2 Å². The highest BCUT2D eigenvalue weighted by atomic mass is 16.2. The van der Waals surface area contributed by atoms with Crippen molar-refractivity contribution in [3.63, 3.8) is 0 Å². The van der Waals surface area contributed by atoms with Gasteiger partial charge in [0.1, 0.15) is 5.71 Å². The molecule has 5 rings (SSSR count). The molecule has 3 aliphatic rings. The van der Waals surface area contributed by atoms with Gasteiger partial charge in [0.15, 0.2) is 5.82 Å². The summed E-state index contributed by atoms with van der Waals surface area (Å²) < 4.78 is 0. The van der Waals surface area contributed by atoms with Gasteiger partial charge >= 0.3 is 0 Å². The molecule has 0 saturated heterocycles. The molecule has 2 aromatic rings. The van der Waals surface area contributed by atoms with E-state index in [4.69, 9.17) is 4.99 Å². The molecular formula is C32H32N4O. The Morgan fingerprint density at radius 2 is 1.97 bits per heavy atom. The second-order valence-corrected chi connectivity index (χ2v) is 9.77. The van der Waals surface area contributed by atoms with Crippen LogP contribution in [0.15, 0.2) is 113 Å². The van der Waals surface area contributed by atoms with Crippen LogP contribution in [0, 0.1) is 6.92 Å². The third-order valence-corrected chi connectivity index (χ3v) is 6.96. The number of aryl methyl sites for hydroxylation is 2. The highest BCUT2D eigenvalue weighted by Gasteiger charge is 2.32. The molecule has 1 atom stereocenters. The average molecular weight is 489 g/mol. The zero-order chi connectivity index (χ0) is 25.8. The predicted molar refractivity (Wildman–Crippen MR) is 149 cm³/mol. The highest BCUT2D eigenvalue weighted by Crippen LogP contribution is 2.33. The molecule has 0 bridgehead atoms. The minimum Gasteiger partial charge on any atom is -0.330 e. The molecule has 0 unspecified atom stereocenters. The second kappa shape index (κ2) is 10.9. The Kier molecular flexibility index (Phi) is 7.20. The Bertz CT molecular complexity index is 1420. The predicted octanol–water partition coefficient (Wildman–Crippen LogP) is 5.45. The van der Waals surface area contributed by atoms with Crippen molar-refractivity contribution in [2.75, 3.05) is 20.1 Å². The number of fused-ring (bicyclic) bond motifs is 1. The molecule has 186 valence electrons. The van der Waals surface area contributed by atoms with Crippen LogP contribution in [0.3, 0.4) is 0 Å². The molecule has 2 aliphatic heterocycles. The normalized spacial score (nSPS) is 17.1. The summed E-state index contributed by atoms with van der Waals surface area (Å²) >= 11 is 0. The SMILES string of the molecule is Cc1cccc(C2=C3N=C(C(=O)N(CC4=C=C=CC=C4)[C@H](C)CCc4ccccc4)C=CN3N(C)C2)c1. The summed E-state index contributed by atoms with van der Waals surface area (Å²) in [7, 11) is 2.04. The molecule has 5 nitrogen and oxygen atoms in total. The van der Waals surface area contributed by atoms with Gasteiger partial charge in [-0.2, -0.15) is 0 Å². The summed E-state index contributed by atoms with van der Waals surface area (Å²) in [6.45, 7) is 5.41. The first-order valence-electron chi connectivity index (χ1n) is 12.8. The van der Waals surface area contributed by atoms with Gasteiger partial charge in [-0.25, -0.2) is 10.0 Å². The number of hydrogen-bond donors (Lipinski definition) is 0. The quantitative estimate of drug-likeness (QED) is 0.464. The molecule has 2 heterocycles. The van der Waals surface area contributed by atoms with Crippen molar-refractivity contribution in [3.05, 3.63) is 125 Å². The Hall–Kier alpha value is -4.14. The zero-order valence-electron chi connectivity index (χ0n) is 21.7. The third-order valence-electron chi connectivity index (χ3n) is 6.96. The van der Waals surface area contributed by atoms with E-state index in [2.05, 4.69) is 78.8 Å². The number of benzene rings is 2. The van der Waals surface area contributed by atoms with Crippen molar-refractivity contribution < 1.29 is 4.79 Å². The molecule has 0 spiro atoms. The van der Waals surface area contributed by atoms with Crippen LogP contribution in [0.1, 0.15) is 30.0 Å². The number of hydrazine groups is 1. The van der Waals surface area contributed by atoms with E-state index in [1.165, 1.54) is 11.1 Å².